The fourth-order valence-corrected chi connectivity index (χ4v) is 6.43. The molecule has 2 saturated heterocycles. The van der Waals surface area contributed by atoms with Crippen molar-refractivity contribution in [2.45, 2.75) is 63.6 Å². The highest BCUT2D eigenvalue weighted by Gasteiger charge is 2.46. The number of anilines is 1. The lowest BCUT2D eigenvalue weighted by Crippen LogP contribution is -2.53. The van der Waals surface area contributed by atoms with Gasteiger partial charge in [-0.1, -0.05) is 31.5 Å². The van der Waals surface area contributed by atoms with Crippen molar-refractivity contribution in [1.82, 2.24) is 4.90 Å². The quantitative estimate of drug-likeness (QED) is 0.314. The van der Waals surface area contributed by atoms with Gasteiger partial charge in [0.1, 0.15) is 6.10 Å². The number of halogens is 3. The van der Waals surface area contributed by atoms with Gasteiger partial charge < -0.3 is 14.5 Å². The van der Waals surface area contributed by atoms with Crippen molar-refractivity contribution in [3.8, 4) is 12.1 Å². The molecule has 0 N–H and O–H groups in total. The zero-order valence-corrected chi connectivity index (χ0v) is 23.7. The van der Waals surface area contributed by atoms with Gasteiger partial charge in [0.15, 0.2) is 0 Å². The average molecular weight is 567 g/mol. The van der Waals surface area contributed by atoms with Crippen LogP contribution < -0.4 is 4.90 Å². The highest BCUT2D eigenvalue weighted by Crippen LogP contribution is 2.44. The molecule has 0 saturated carbocycles. The van der Waals surface area contributed by atoms with E-state index in [4.69, 9.17) is 10.00 Å². The molecule has 0 spiro atoms. The molecule has 218 valence electrons. The lowest BCUT2D eigenvalue weighted by Gasteiger charge is -2.46. The first-order valence-electron chi connectivity index (χ1n) is 14.3. The third-order valence-corrected chi connectivity index (χ3v) is 8.52. The fraction of sp³-hybridized carbons (Fsp3) is 0.531. The van der Waals surface area contributed by atoms with Gasteiger partial charge in [-0.2, -0.15) is 23.7 Å². The molecule has 0 bridgehead atoms. The lowest BCUT2D eigenvalue weighted by atomic mass is 9.64. The Morgan fingerprint density at radius 1 is 1.07 bits per heavy atom. The lowest BCUT2D eigenvalue weighted by molar-refractivity contribution is -0.147. The van der Waals surface area contributed by atoms with Crippen molar-refractivity contribution < 1.29 is 22.7 Å². The maximum Gasteiger partial charge on any atom is 0.416 e. The average Bonchev–Trinajstić information content (AvgIpc) is 2.93. The number of ether oxygens (including phenoxy) is 1. The van der Waals surface area contributed by atoms with E-state index in [2.05, 4.69) is 21.9 Å². The standard InChI is InChI=1S/C32H37F3N4O2/c1-3-5-30(41-23(2)40)17-31(22-37,27-6-4-7-28(16-27)32(33,34)35)26-12-14-38(15-13-26)19-25-20-39(21-25)29-10-8-24(18-36)9-11-29/h4,6-11,16,25-26,30H,3,5,12-15,17,19-21H2,1-2H3/t30-,31?/m0/s1. The SMILES string of the molecule is CCC[C@@H](CC(C#N)(c1cccc(C(F)(F)F)c1)C1CCN(CC2CN(c3ccc(C#N)cc3)C2)CC1)OC(C)=O. The molecule has 2 fully saturated rings. The second-order valence-corrected chi connectivity index (χ2v) is 11.4. The molecule has 2 aliphatic rings. The predicted molar refractivity (Wildman–Crippen MR) is 150 cm³/mol. The molecule has 41 heavy (non-hydrogen) atoms. The second-order valence-electron chi connectivity index (χ2n) is 11.4. The van der Waals surface area contributed by atoms with Crippen molar-refractivity contribution in [3.05, 3.63) is 65.2 Å². The summed E-state index contributed by atoms with van der Waals surface area (Å²) in [4.78, 5) is 16.5. The summed E-state index contributed by atoms with van der Waals surface area (Å²) in [5.41, 5.74) is 0.113. The van der Waals surface area contributed by atoms with Crippen molar-refractivity contribution in [3.63, 3.8) is 0 Å². The molecule has 6 nitrogen and oxygen atoms in total. The van der Waals surface area contributed by atoms with Gasteiger partial charge in [0.2, 0.25) is 0 Å². The number of nitrogens with zero attached hydrogens (tertiary/aromatic N) is 4. The smallest absolute Gasteiger partial charge is 0.416 e. The largest absolute Gasteiger partial charge is 0.462 e. The van der Waals surface area contributed by atoms with Crippen molar-refractivity contribution in [2.24, 2.45) is 11.8 Å². The topological polar surface area (TPSA) is 80.4 Å². The first-order chi connectivity index (χ1) is 19.6. The Labute approximate surface area is 240 Å². The van der Waals surface area contributed by atoms with E-state index in [1.165, 1.54) is 13.0 Å². The first kappa shape index (κ1) is 30.4. The van der Waals surface area contributed by atoms with Crippen LogP contribution in [0.3, 0.4) is 0 Å². The van der Waals surface area contributed by atoms with E-state index < -0.39 is 29.2 Å². The molecule has 0 radical (unpaired) electrons. The number of likely N-dealkylation sites (tertiary alicyclic amines) is 1. The zero-order chi connectivity index (χ0) is 29.6. The van der Waals surface area contributed by atoms with Crippen LogP contribution in [0.5, 0.6) is 0 Å². The Bertz CT molecular complexity index is 1270. The molecule has 2 aromatic rings. The van der Waals surface area contributed by atoms with E-state index in [-0.39, 0.29) is 12.3 Å². The third kappa shape index (κ3) is 7.21. The molecule has 2 aromatic carbocycles. The molecule has 1 unspecified atom stereocenters. The van der Waals surface area contributed by atoms with Crippen LogP contribution in [-0.2, 0) is 21.1 Å². The van der Waals surface area contributed by atoms with Gasteiger partial charge in [-0.15, -0.1) is 0 Å². The molecule has 4 rings (SSSR count). The molecule has 0 aromatic heterocycles. The highest BCUT2D eigenvalue weighted by molar-refractivity contribution is 5.66. The number of hydrogen-bond donors (Lipinski definition) is 0. The Kier molecular flexibility index (Phi) is 9.60. The Morgan fingerprint density at radius 2 is 1.73 bits per heavy atom. The summed E-state index contributed by atoms with van der Waals surface area (Å²) >= 11 is 0. The zero-order valence-electron chi connectivity index (χ0n) is 23.7. The van der Waals surface area contributed by atoms with Gasteiger partial charge in [0, 0.05) is 44.6 Å². The van der Waals surface area contributed by atoms with Crippen LogP contribution in [0.4, 0.5) is 18.9 Å². The fourth-order valence-electron chi connectivity index (χ4n) is 6.43. The minimum absolute atomic E-state index is 0.168. The maximum atomic E-state index is 13.7. The van der Waals surface area contributed by atoms with Crippen molar-refractivity contribution in [1.29, 1.82) is 10.5 Å². The summed E-state index contributed by atoms with van der Waals surface area (Å²) in [7, 11) is 0. The Hall–Kier alpha value is -3.56. The van der Waals surface area contributed by atoms with Gasteiger partial charge in [-0.25, -0.2) is 0 Å². The summed E-state index contributed by atoms with van der Waals surface area (Å²) in [6.07, 6.45) is -2.28. The Morgan fingerprint density at radius 3 is 2.29 bits per heavy atom. The van der Waals surface area contributed by atoms with Crippen molar-refractivity contribution in [2.75, 3.05) is 37.6 Å². The number of benzene rings is 2. The highest BCUT2D eigenvalue weighted by atomic mass is 19.4. The monoisotopic (exact) mass is 566 g/mol. The Balaban J connectivity index is 1.46. The number of hydrogen-bond acceptors (Lipinski definition) is 6. The minimum Gasteiger partial charge on any atom is -0.462 e. The summed E-state index contributed by atoms with van der Waals surface area (Å²) in [5.74, 6) is -0.118. The second kappa shape index (κ2) is 13.0. The van der Waals surface area contributed by atoms with Crippen LogP contribution in [0.1, 0.15) is 62.6 Å². The van der Waals surface area contributed by atoms with Gasteiger partial charge >= 0.3 is 12.1 Å². The van der Waals surface area contributed by atoms with Gasteiger partial charge in [0.05, 0.1) is 28.7 Å². The van der Waals surface area contributed by atoms with Gasteiger partial charge in [-0.05, 0) is 74.2 Å². The summed E-state index contributed by atoms with van der Waals surface area (Å²) in [6.45, 7) is 7.57. The summed E-state index contributed by atoms with van der Waals surface area (Å²) < 4.78 is 46.6. The predicted octanol–water partition coefficient (Wildman–Crippen LogP) is 6.31. The van der Waals surface area contributed by atoms with E-state index in [1.807, 2.05) is 31.2 Å². The number of carbonyl (C=O) groups is 1. The number of carbonyl (C=O) groups excluding carboxylic acids is 1. The summed E-state index contributed by atoms with van der Waals surface area (Å²) in [5, 5.41) is 19.7. The van der Waals surface area contributed by atoms with E-state index in [1.54, 1.807) is 6.07 Å². The molecule has 2 heterocycles. The van der Waals surface area contributed by atoms with E-state index in [0.29, 0.717) is 36.3 Å². The van der Waals surface area contributed by atoms with E-state index in [0.717, 1.165) is 57.0 Å². The third-order valence-electron chi connectivity index (χ3n) is 8.52. The molecular formula is C32H37F3N4O2. The van der Waals surface area contributed by atoms with Gasteiger partial charge in [-0.3, -0.25) is 4.79 Å². The summed E-state index contributed by atoms with van der Waals surface area (Å²) in [6, 6.07) is 17.3. The number of rotatable bonds is 10. The number of esters is 1. The molecule has 2 aliphatic heterocycles. The molecule has 9 heteroatoms. The first-order valence-corrected chi connectivity index (χ1v) is 14.3. The van der Waals surface area contributed by atoms with Crippen LogP contribution >= 0.6 is 0 Å². The number of alkyl halides is 3. The van der Waals surface area contributed by atoms with Crippen LogP contribution in [0.15, 0.2) is 48.5 Å². The normalized spacial score (nSPS) is 19.0. The van der Waals surface area contributed by atoms with Crippen molar-refractivity contribution >= 4 is 11.7 Å². The number of nitriles is 2. The van der Waals surface area contributed by atoms with E-state index >= 15 is 0 Å². The van der Waals surface area contributed by atoms with Crippen LogP contribution in [0.25, 0.3) is 0 Å². The maximum absolute atomic E-state index is 13.7. The van der Waals surface area contributed by atoms with Crippen LogP contribution in [0.2, 0.25) is 0 Å². The molecule has 0 aliphatic carbocycles. The minimum atomic E-state index is -4.52. The number of piperidine rings is 1. The van der Waals surface area contributed by atoms with Gasteiger partial charge in [0.25, 0.3) is 0 Å². The van der Waals surface area contributed by atoms with Crippen LogP contribution in [0, 0.1) is 34.5 Å². The molecular weight excluding hydrogens is 529 g/mol. The molecule has 2 atom stereocenters. The van der Waals surface area contributed by atoms with E-state index in [9.17, 15) is 23.2 Å². The molecule has 0 amide bonds. The van der Waals surface area contributed by atoms with Crippen LogP contribution in [-0.4, -0.2) is 49.7 Å².